The highest BCUT2D eigenvalue weighted by Gasteiger charge is 2.44. The molecule has 2 fully saturated rings. The van der Waals surface area contributed by atoms with E-state index in [9.17, 15) is 0 Å². The van der Waals surface area contributed by atoms with Crippen LogP contribution < -0.4 is 5.73 Å². The van der Waals surface area contributed by atoms with Gasteiger partial charge in [0.15, 0.2) is 0 Å². The van der Waals surface area contributed by atoms with Crippen molar-refractivity contribution in [3.63, 3.8) is 0 Å². The van der Waals surface area contributed by atoms with E-state index in [2.05, 4.69) is 15.9 Å². The smallest absolute Gasteiger partial charge is 0.0217 e. The third-order valence-electron chi connectivity index (χ3n) is 2.86. The number of alkyl halides is 1. The fraction of sp³-hybridized carbons (Fsp3) is 1.00. The topological polar surface area (TPSA) is 26.0 Å². The Balaban J connectivity index is 2.16. The van der Waals surface area contributed by atoms with Crippen molar-refractivity contribution in [2.45, 2.75) is 30.1 Å². The van der Waals surface area contributed by atoms with Gasteiger partial charge >= 0.3 is 0 Å². The Morgan fingerprint density at radius 1 is 1.33 bits per heavy atom. The summed E-state index contributed by atoms with van der Waals surface area (Å²) in [6.45, 7) is 0. The Morgan fingerprint density at radius 3 is 2.33 bits per heavy atom. The van der Waals surface area contributed by atoms with Gasteiger partial charge in [-0.05, 0) is 31.1 Å². The summed E-state index contributed by atoms with van der Waals surface area (Å²) in [6, 6.07) is 0.508. The first-order valence-electron chi connectivity index (χ1n) is 3.68. The van der Waals surface area contributed by atoms with E-state index in [0.29, 0.717) is 6.04 Å². The summed E-state index contributed by atoms with van der Waals surface area (Å²) in [5, 5.41) is 0. The summed E-state index contributed by atoms with van der Waals surface area (Å²) in [4.78, 5) is 0.757. The lowest BCUT2D eigenvalue weighted by molar-refractivity contribution is 0.418. The first-order valence-corrected chi connectivity index (χ1v) is 4.60. The minimum absolute atomic E-state index is 0.508. The normalized spacial score (nSPS) is 56.7. The van der Waals surface area contributed by atoms with Crippen LogP contribution in [0.15, 0.2) is 0 Å². The molecule has 0 radical (unpaired) electrons. The summed E-state index contributed by atoms with van der Waals surface area (Å²) in [6.07, 6.45) is 4.04. The maximum absolute atomic E-state index is 5.88. The monoisotopic (exact) mass is 189 g/mol. The zero-order valence-corrected chi connectivity index (χ0v) is 6.97. The van der Waals surface area contributed by atoms with Crippen LogP contribution in [0.25, 0.3) is 0 Å². The van der Waals surface area contributed by atoms with E-state index < -0.39 is 0 Å². The molecule has 0 saturated heterocycles. The maximum atomic E-state index is 5.88. The van der Waals surface area contributed by atoms with Crippen LogP contribution in [0.5, 0.6) is 0 Å². The molecule has 0 heterocycles. The number of rotatable bonds is 0. The third kappa shape index (κ3) is 0.761. The standard InChI is InChI=1S/C7H12BrN/c8-7-4-1-2-5(7)6(9)3-4/h4-7H,1-3,9H2/t4-,5+,6-,7-/m0/s1. The van der Waals surface area contributed by atoms with Crippen LogP contribution in [0.3, 0.4) is 0 Å². The molecule has 2 heteroatoms. The van der Waals surface area contributed by atoms with Crippen LogP contribution in [-0.2, 0) is 0 Å². The van der Waals surface area contributed by atoms with Crippen molar-refractivity contribution in [3.05, 3.63) is 0 Å². The predicted molar refractivity (Wildman–Crippen MR) is 41.5 cm³/mol. The molecule has 2 N–H and O–H groups in total. The van der Waals surface area contributed by atoms with Crippen molar-refractivity contribution in [2.24, 2.45) is 17.6 Å². The second-order valence-electron chi connectivity index (χ2n) is 3.35. The van der Waals surface area contributed by atoms with E-state index in [1.807, 2.05) is 0 Å². The van der Waals surface area contributed by atoms with Gasteiger partial charge in [0, 0.05) is 10.9 Å². The Labute approximate surface area is 64.1 Å². The van der Waals surface area contributed by atoms with Gasteiger partial charge in [0.25, 0.3) is 0 Å². The Morgan fingerprint density at radius 2 is 2.11 bits per heavy atom. The van der Waals surface area contributed by atoms with Crippen LogP contribution in [-0.4, -0.2) is 10.9 Å². The molecule has 1 nitrogen and oxygen atoms in total. The van der Waals surface area contributed by atoms with E-state index in [-0.39, 0.29) is 0 Å². The van der Waals surface area contributed by atoms with Crippen molar-refractivity contribution in [3.8, 4) is 0 Å². The Bertz CT molecular complexity index is 126. The van der Waals surface area contributed by atoms with Crippen molar-refractivity contribution in [1.82, 2.24) is 0 Å². The third-order valence-corrected chi connectivity index (χ3v) is 4.28. The van der Waals surface area contributed by atoms with E-state index in [0.717, 1.165) is 16.7 Å². The molecule has 0 aromatic rings. The van der Waals surface area contributed by atoms with Gasteiger partial charge in [0.1, 0.15) is 0 Å². The highest BCUT2D eigenvalue weighted by molar-refractivity contribution is 9.09. The molecule has 2 rings (SSSR count). The van der Waals surface area contributed by atoms with Crippen LogP contribution in [0.4, 0.5) is 0 Å². The lowest BCUT2D eigenvalue weighted by Crippen LogP contribution is -2.27. The van der Waals surface area contributed by atoms with Crippen LogP contribution in [0.2, 0.25) is 0 Å². The van der Waals surface area contributed by atoms with E-state index in [1.54, 1.807) is 0 Å². The molecule has 0 aliphatic heterocycles. The molecule has 0 amide bonds. The van der Waals surface area contributed by atoms with Crippen LogP contribution >= 0.6 is 15.9 Å². The van der Waals surface area contributed by atoms with Crippen LogP contribution in [0.1, 0.15) is 19.3 Å². The molecule has 0 aromatic carbocycles. The quantitative estimate of drug-likeness (QED) is 0.575. The number of nitrogens with two attached hydrogens (primary N) is 1. The van der Waals surface area contributed by atoms with Crippen molar-refractivity contribution < 1.29 is 0 Å². The average Bonchev–Trinajstić information content (AvgIpc) is 2.25. The minimum Gasteiger partial charge on any atom is -0.327 e. The number of fused-ring (bicyclic) bond motifs is 2. The summed E-state index contributed by atoms with van der Waals surface area (Å²) in [7, 11) is 0. The highest BCUT2D eigenvalue weighted by atomic mass is 79.9. The zero-order chi connectivity index (χ0) is 6.43. The molecule has 4 atom stereocenters. The first kappa shape index (κ1) is 6.17. The lowest BCUT2D eigenvalue weighted by Gasteiger charge is -2.15. The van der Waals surface area contributed by atoms with Gasteiger partial charge in [-0.1, -0.05) is 15.9 Å². The summed E-state index contributed by atoms with van der Waals surface area (Å²) >= 11 is 3.69. The maximum Gasteiger partial charge on any atom is 0.0217 e. The lowest BCUT2D eigenvalue weighted by atomic mass is 9.96. The predicted octanol–water partition coefficient (Wildman–Crippen LogP) is 1.51. The first-order chi connectivity index (χ1) is 4.29. The highest BCUT2D eigenvalue weighted by Crippen LogP contribution is 2.47. The molecule has 2 aliphatic rings. The fourth-order valence-electron chi connectivity index (χ4n) is 2.30. The fourth-order valence-corrected chi connectivity index (χ4v) is 3.43. The second kappa shape index (κ2) is 1.96. The van der Waals surface area contributed by atoms with Crippen molar-refractivity contribution >= 4 is 15.9 Å². The molecule has 0 spiro atoms. The van der Waals surface area contributed by atoms with E-state index in [1.165, 1.54) is 19.3 Å². The van der Waals surface area contributed by atoms with Crippen molar-refractivity contribution in [1.29, 1.82) is 0 Å². The molecular weight excluding hydrogens is 178 g/mol. The molecule has 0 unspecified atom stereocenters. The largest absolute Gasteiger partial charge is 0.327 e. The second-order valence-corrected chi connectivity index (χ2v) is 4.40. The Kier molecular flexibility index (Phi) is 1.34. The molecular formula is C7H12BrN. The molecule has 0 aromatic heterocycles. The number of halogens is 1. The van der Waals surface area contributed by atoms with E-state index >= 15 is 0 Å². The summed E-state index contributed by atoms with van der Waals surface area (Å²) < 4.78 is 0. The number of hydrogen-bond donors (Lipinski definition) is 1. The molecule has 2 aliphatic carbocycles. The molecule has 52 valence electrons. The molecule has 2 saturated carbocycles. The van der Waals surface area contributed by atoms with Gasteiger partial charge in [-0.3, -0.25) is 0 Å². The SMILES string of the molecule is N[C@H]1C[C@@H]2CC[C@H]1[C@H]2Br. The zero-order valence-electron chi connectivity index (χ0n) is 5.39. The molecule has 2 bridgehead atoms. The average molecular weight is 190 g/mol. The van der Waals surface area contributed by atoms with Crippen LogP contribution in [0, 0.1) is 11.8 Å². The number of hydrogen-bond acceptors (Lipinski definition) is 1. The van der Waals surface area contributed by atoms with Gasteiger partial charge in [-0.25, -0.2) is 0 Å². The van der Waals surface area contributed by atoms with Gasteiger partial charge < -0.3 is 5.73 Å². The van der Waals surface area contributed by atoms with E-state index in [4.69, 9.17) is 5.73 Å². The minimum atomic E-state index is 0.508. The summed E-state index contributed by atoms with van der Waals surface area (Å²) in [5.74, 6) is 1.71. The summed E-state index contributed by atoms with van der Waals surface area (Å²) in [5.41, 5.74) is 5.88. The van der Waals surface area contributed by atoms with Gasteiger partial charge in [0.2, 0.25) is 0 Å². The van der Waals surface area contributed by atoms with Gasteiger partial charge in [-0.2, -0.15) is 0 Å². The molecule has 9 heavy (non-hydrogen) atoms. The van der Waals surface area contributed by atoms with Gasteiger partial charge in [-0.15, -0.1) is 0 Å². The Hall–Kier alpha value is 0.440. The van der Waals surface area contributed by atoms with Crippen molar-refractivity contribution in [2.75, 3.05) is 0 Å². The van der Waals surface area contributed by atoms with Gasteiger partial charge in [0.05, 0.1) is 0 Å².